The van der Waals surface area contributed by atoms with Gasteiger partial charge in [-0.1, -0.05) is 164 Å². The highest BCUT2D eigenvalue weighted by molar-refractivity contribution is 5.98. The van der Waals surface area contributed by atoms with Gasteiger partial charge >= 0.3 is 0 Å². The molecule has 0 unspecified atom stereocenters. The molecule has 11 aromatic rings. The van der Waals surface area contributed by atoms with Crippen molar-refractivity contribution in [3.8, 4) is 22.3 Å². The Hall–Kier alpha value is -9.90. The van der Waals surface area contributed by atoms with Crippen LogP contribution in [0, 0.1) is 0 Å². The SMILES string of the molecule is C1=CCCC(N(c2ccccc2)c2ccc(N(c3ccccc3)c3ccc4c(c3)C3(c5ccccc5-c5ccccc53)c3cc(N(c5ccccc5)c5ccc(N(c6ccccc6)c6ccccc6)cc5)ccc3-4)cc2)=C1. The Bertz CT molecular complexity index is 3880. The molecule has 77 heavy (non-hydrogen) atoms. The average molecular weight is 987 g/mol. The van der Waals surface area contributed by atoms with Crippen molar-refractivity contribution in [2.75, 3.05) is 19.6 Å². The predicted octanol–water partition coefficient (Wildman–Crippen LogP) is 19.8. The molecule has 0 aromatic heterocycles. The van der Waals surface area contributed by atoms with E-state index >= 15 is 0 Å². The Morgan fingerprint density at radius 2 is 0.532 bits per heavy atom. The maximum atomic E-state index is 2.49. The fourth-order valence-corrected chi connectivity index (χ4v) is 12.4. The summed E-state index contributed by atoms with van der Waals surface area (Å²) in [6, 6.07) is 104. The lowest BCUT2D eigenvalue weighted by atomic mass is 9.70. The van der Waals surface area contributed by atoms with Crippen molar-refractivity contribution < 1.29 is 0 Å². The van der Waals surface area contributed by atoms with Gasteiger partial charge in [0, 0.05) is 68.3 Å². The van der Waals surface area contributed by atoms with Crippen molar-refractivity contribution >= 4 is 62.6 Å². The highest BCUT2D eigenvalue weighted by Crippen LogP contribution is 2.64. The van der Waals surface area contributed by atoms with E-state index in [-0.39, 0.29) is 0 Å². The standard InChI is InChI=1S/C73H54N4/c1-7-23-53(24-8-1)74(54-25-9-2-10-26-54)59-39-43-61(44-40-59)76(57-31-15-5-16-32-57)63-47-49-67-68-50-48-64(52-72(68)73(71(67)51-63)69-37-21-19-35-65(69)66-36-20-22-38-70(66)73)77(58-33-17-6-18-34-58)62-45-41-60(42-46-62)75(55-27-11-3-12-28-55)56-29-13-4-14-30-56/h1-13,15-29,31-52H,14,30H2. The molecule has 366 valence electrons. The van der Waals surface area contributed by atoms with Gasteiger partial charge in [-0.15, -0.1) is 0 Å². The quantitative estimate of drug-likeness (QED) is 0.121. The Morgan fingerprint density at radius 1 is 0.247 bits per heavy atom. The fourth-order valence-electron chi connectivity index (χ4n) is 12.4. The van der Waals surface area contributed by atoms with Crippen molar-refractivity contribution in [2.45, 2.75) is 18.3 Å². The van der Waals surface area contributed by atoms with Gasteiger partial charge in [0.15, 0.2) is 0 Å². The number of para-hydroxylation sites is 5. The van der Waals surface area contributed by atoms with E-state index in [9.17, 15) is 0 Å². The van der Waals surface area contributed by atoms with Crippen LogP contribution >= 0.6 is 0 Å². The molecule has 0 saturated heterocycles. The molecule has 14 rings (SSSR count). The van der Waals surface area contributed by atoms with Gasteiger partial charge < -0.3 is 19.6 Å². The van der Waals surface area contributed by atoms with Crippen LogP contribution in [-0.4, -0.2) is 0 Å². The Balaban J connectivity index is 0.921. The van der Waals surface area contributed by atoms with E-state index in [0.29, 0.717) is 0 Å². The topological polar surface area (TPSA) is 13.0 Å². The van der Waals surface area contributed by atoms with Crippen LogP contribution in [0.15, 0.2) is 309 Å². The van der Waals surface area contributed by atoms with E-state index in [2.05, 4.69) is 323 Å². The fraction of sp³-hybridized carbons (Fsp3) is 0.0411. The lowest BCUT2D eigenvalue weighted by molar-refractivity contribution is 0.793. The number of rotatable bonds is 12. The molecule has 0 amide bonds. The second-order valence-electron chi connectivity index (χ2n) is 20.0. The second kappa shape index (κ2) is 19.4. The molecule has 4 nitrogen and oxygen atoms in total. The molecule has 3 aliphatic rings. The van der Waals surface area contributed by atoms with Crippen LogP contribution in [0.1, 0.15) is 35.1 Å². The van der Waals surface area contributed by atoms with E-state index in [1.165, 1.54) is 50.2 Å². The minimum atomic E-state index is -0.605. The molecule has 0 radical (unpaired) electrons. The zero-order valence-electron chi connectivity index (χ0n) is 42.6. The molecular formula is C73H54N4. The van der Waals surface area contributed by atoms with Crippen LogP contribution in [0.4, 0.5) is 62.6 Å². The third kappa shape index (κ3) is 7.84. The molecule has 0 fully saturated rings. The summed E-state index contributed by atoms with van der Waals surface area (Å²) < 4.78 is 0. The summed E-state index contributed by atoms with van der Waals surface area (Å²) in [5.41, 5.74) is 23.0. The summed E-state index contributed by atoms with van der Waals surface area (Å²) in [5.74, 6) is 0. The van der Waals surface area contributed by atoms with E-state index in [1.54, 1.807) is 0 Å². The highest BCUT2D eigenvalue weighted by Gasteiger charge is 2.52. The van der Waals surface area contributed by atoms with Crippen LogP contribution in [0.3, 0.4) is 0 Å². The monoisotopic (exact) mass is 986 g/mol. The van der Waals surface area contributed by atoms with Gasteiger partial charge in [-0.2, -0.15) is 0 Å². The third-order valence-electron chi connectivity index (χ3n) is 15.7. The summed E-state index contributed by atoms with van der Waals surface area (Å²) in [6.45, 7) is 0. The summed E-state index contributed by atoms with van der Waals surface area (Å²) in [4.78, 5) is 9.55. The third-order valence-corrected chi connectivity index (χ3v) is 15.7. The molecule has 0 aliphatic heterocycles. The molecule has 1 spiro atoms. The average Bonchev–Trinajstić information content (AvgIpc) is 4.21. The first-order valence-electron chi connectivity index (χ1n) is 26.7. The van der Waals surface area contributed by atoms with Gasteiger partial charge in [0.05, 0.1) is 5.41 Å². The van der Waals surface area contributed by atoms with Crippen LogP contribution in [0.5, 0.6) is 0 Å². The molecule has 0 N–H and O–H groups in total. The molecule has 4 heteroatoms. The first-order chi connectivity index (χ1) is 38.2. The molecule has 0 heterocycles. The van der Waals surface area contributed by atoms with E-state index in [0.717, 1.165) is 75.4 Å². The number of benzene rings is 11. The van der Waals surface area contributed by atoms with Crippen molar-refractivity contribution in [3.63, 3.8) is 0 Å². The Morgan fingerprint density at radius 3 is 0.896 bits per heavy atom. The largest absolute Gasteiger partial charge is 0.314 e. The zero-order valence-corrected chi connectivity index (χ0v) is 42.6. The number of anilines is 11. The smallest absolute Gasteiger partial charge is 0.0727 e. The number of fused-ring (bicyclic) bond motifs is 10. The number of hydrogen-bond acceptors (Lipinski definition) is 4. The maximum absolute atomic E-state index is 2.49. The minimum Gasteiger partial charge on any atom is -0.314 e. The van der Waals surface area contributed by atoms with Gasteiger partial charge in [0.1, 0.15) is 0 Å². The van der Waals surface area contributed by atoms with Gasteiger partial charge in [-0.3, -0.25) is 0 Å². The lowest BCUT2D eigenvalue weighted by Crippen LogP contribution is -2.26. The van der Waals surface area contributed by atoms with Gasteiger partial charge in [0.25, 0.3) is 0 Å². The number of allylic oxidation sites excluding steroid dienone is 4. The van der Waals surface area contributed by atoms with Crippen molar-refractivity contribution in [1.29, 1.82) is 0 Å². The summed E-state index contributed by atoms with van der Waals surface area (Å²) in [7, 11) is 0. The van der Waals surface area contributed by atoms with Crippen LogP contribution in [-0.2, 0) is 5.41 Å². The first-order valence-corrected chi connectivity index (χ1v) is 26.7. The van der Waals surface area contributed by atoms with Crippen LogP contribution < -0.4 is 19.6 Å². The number of hydrogen-bond donors (Lipinski definition) is 0. The maximum Gasteiger partial charge on any atom is 0.0727 e. The van der Waals surface area contributed by atoms with Gasteiger partial charge in [-0.05, 0) is 197 Å². The van der Waals surface area contributed by atoms with Crippen molar-refractivity contribution in [1.82, 2.24) is 0 Å². The second-order valence-corrected chi connectivity index (χ2v) is 20.0. The molecule has 0 saturated carbocycles. The van der Waals surface area contributed by atoms with E-state index in [4.69, 9.17) is 0 Å². The van der Waals surface area contributed by atoms with E-state index in [1.807, 2.05) is 0 Å². The molecular weight excluding hydrogens is 933 g/mol. The summed E-state index contributed by atoms with van der Waals surface area (Å²) in [6.07, 6.45) is 8.70. The van der Waals surface area contributed by atoms with E-state index < -0.39 is 5.41 Å². The minimum absolute atomic E-state index is 0.605. The van der Waals surface area contributed by atoms with Gasteiger partial charge in [-0.25, -0.2) is 0 Å². The first kappa shape index (κ1) is 45.7. The summed E-state index contributed by atoms with van der Waals surface area (Å²) in [5, 5.41) is 0. The van der Waals surface area contributed by atoms with Crippen molar-refractivity contribution in [2.24, 2.45) is 0 Å². The Kier molecular flexibility index (Phi) is 11.5. The van der Waals surface area contributed by atoms with Gasteiger partial charge in [0.2, 0.25) is 0 Å². The molecule has 3 aliphatic carbocycles. The van der Waals surface area contributed by atoms with Crippen molar-refractivity contribution in [3.05, 3.63) is 331 Å². The highest BCUT2D eigenvalue weighted by atomic mass is 15.2. The Labute approximate surface area is 451 Å². The van der Waals surface area contributed by atoms with Crippen LogP contribution in [0.2, 0.25) is 0 Å². The normalized spacial score (nSPS) is 13.2. The number of nitrogens with zero attached hydrogens (tertiary/aromatic N) is 4. The molecule has 0 bridgehead atoms. The molecule has 0 atom stereocenters. The molecule has 11 aromatic carbocycles. The lowest BCUT2D eigenvalue weighted by Gasteiger charge is -2.33. The zero-order chi connectivity index (χ0) is 51.1. The van der Waals surface area contributed by atoms with Crippen LogP contribution in [0.25, 0.3) is 22.3 Å². The predicted molar refractivity (Wildman–Crippen MR) is 322 cm³/mol. The summed E-state index contributed by atoms with van der Waals surface area (Å²) >= 11 is 0.